The van der Waals surface area contributed by atoms with Crippen molar-refractivity contribution in [1.82, 2.24) is 4.31 Å². The smallest absolute Gasteiger partial charge is 0.248 e. The lowest BCUT2D eigenvalue weighted by Crippen LogP contribution is -2.32. The van der Waals surface area contributed by atoms with Crippen LogP contribution in [-0.2, 0) is 14.8 Å². The van der Waals surface area contributed by atoms with E-state index in [1.165, 1.54) is 29.6 Å². The van der Waals surface area contributed by atoms with Gasteiger partial charge in [-0.15, -0.1) is 0 Å². The van der Waals surface area contributed by atoms with Crippen molar-refractivity contribution in [2.45, 2.75) is 37.5 Å². The van der Waals surface area contributed by atoms with Crippen LogP contribution in [0.5, 0.6) is 5.75 Å². The van der Waals surface area contributed by atoms with Crippen LogP contribution in [0, 0.1) is 6.92 Å². The highest BCUT2D eigenvalue weighted by molar-refractivity contribution is 7.89. The van der Waals surface area contributed by atoms with E-state index in [4.69, 9.17) is 9.15 Å². The van der Waals surface area contributed by atoms with Gasteiger partial charge in [0.15, 0.2) is 0 Å². The van der Waals surface area contributed by atoms with Gasteiger partial charge in [0.25, 0.3) is 0 Å². The molecule has 1 aliphatic rings. The molecule has 1 fully saturated rings. The maximum Gasteiger partial charge on any atom is 0.248 e. The number of carbonyl (C=O) groups is 1. The van der Waals surface area contributed by atoms with Gasteiger partial charge in [0.1, 0.15) is 17.3 Å². The number of sulfonamides is 1. The fourth-order valence-corrected chi connectivity index (χ4v) is 4.80. The minimum Gasteiger partial charge on any atom is -0.495 e. The third kappa shape index (κ3) is 5.27. The van der Waals surface area contributed by atoms with E-state index in [0.29, 0.717) is 30.3 Å². The zero-order valence-corrected chi connectivity index (χ0v) is 17.5. The Balaban J connectivity index is 1.81. The summed E-state index contributed by atoms with van der Waals surface area (Å²) in [5, 5.41) is 2.69. The molecule has 2 heterocycles. The van der Waals surface area contributed by atoms with E-state index in [1.54, 1.807) is 24.3 Å². The van der Waals surface area contributed by atoms with Crippen LogP contribution in [0.3, 0.4) is 0 Å². The van der Waals surface area contributed by atoms with Crippen molar-refractivity contribution in [1.29, 1.82) is 0 Å². The fourth-order valence-electron chi connectivity index (χ4n) is 3.25. The second-order valence-electron chi connectivity index (χ2n) is 6.95. The van der Waals surface area contributed by atoms with Gasteiger partial charge in [-0.3, -0.25) is 4.79 Å². The van der Waals surface area contributed by atoms with Crippen molar-refractivity contribution in [3.8, 4) is 5.75 Å². The zero-order valence-electron chi connectivity index (χ0n) is 16.7. The van der Waals surface area contributed by atoms with E-state index in [0.717, 1.165) is 31.4 Å². The summed E-state index contributed by atoms with van der Waals surface area (Å²) < 4.78 is 38.3. The Morgan fingerprint density at radius 1 is 1.14 bits per heavy atom. The molecule has 1 aromatic heterocycles. The average molecular weight is 419 g/mol. The minimum absolute atomic E-state index is 0.140. The SMILES string of the molecule is COc1ccc(S(=O)(=O)N2CCCCCC2)cc1NC(=O)/C=C/c1ccc(C)o1. The first-order chi connectivity index (χ1) is 13.9. The predicted molar refractivity (Wildman–Crippen MR) is 111 cm³/mol. The number of hydrogen-bond acceptors (Lipinski definition) is 5. The molecule has 3 rings (SSSR count). The first kappa shape index (κ1) is 21.1. The number of methoxy groups -OCH3 is 1. The van der Waals surface area contributed by atoms with Gasteiger partial charge < -0.3 is 14.5 Å². The molecule has 1 aliphatic heterocycles. The molecular weight excluding hydrogens is 392 g/mol. The molecule has 1 saturated heterocycles. The maximum absolute atomic E-state index is 13.0. The van der Waals surface area contributed by atoms with Crippen LogP contribution in [0.25, 0.3) is 6.08 Å². The Morgan fingerprint density at radius 3 is 2.48 bits per heavy atom. The lowest BCUT2D eigenvalue weighted by atomic mass is 10.2. The molecular formula is C21H26N2O5S. The highest BCUT2D eigenvalue weighted by Gasteiger charge is 2.26. The number of rotatable bonds is 6. The number of carbonyl (C=O) groups excluding carboxylic acids is 1. The van der Waals surface area contributed by atoms with Crippen molar-refractivity contribution >= 4 is 27.7 Å². The van der Waals surface area contributed by atoms with Crippen LogP contribution in [0.15, 0.2) is 45.7 Å². The van der Waals surface area contributed by atoms with Crippen LogP contribution < -0.4 is 10.1 Å². The number of nitrogens with zero attached hydrogens (tertiary/aromatic N) is 1. The van der Waals surface area contributed by atoms with Gasteiger partial charge >= 0.3 is 0 Å². The Hall–Kier alpha value is -2.58. The third-order valence-corrected chi connectivity index (χ3v) is 6.69. The lowest BCUT2D eigenvalue weighted by molar-refractivity contribution is -0.111. The van der Waals surface area contributed by atoms with Gasteiger partial charge in [0.05, 0.1) is 17.7 Å². The Bertz CT molecular complexity index is 986. The zero-order chi connectivity index (χ0) is 20.9. The summed E-state index contributed by atoms with van der Waals surface area (Å²) >= 11 is 0. The summed E-state index contributed by atoms with van der Waals surface area (Å²) in [6, 6.07) is 8.07. The van der Waals surface area contributed by atoms with Crippen molar-refractivity contribution in [3.05, 3.63) is 47.9 Å². The second-order valence-corrected chi connectivity index (χ2v) is 8.89. The summed E-state index contributed by atoms with van der Waals surface area (Å²) in [4.78, 5) is 12.5. The normalized spacial score (nSPS) is 15.9. The monoisotopic (exact) mass is 418 g/mol. The number of hydrogen-bond donors (Lipinski definition) is 1. The summed E-state index contributed by atoms with van der Waals surface area (Å²) in [7, 11) is -2.16. The van der Waals surface area contributed by atoms with Crippen LogP contribution in [0.2, 0.25) is 0 Å². The largest absolute Gasteiger partial charge is 0.495 e. The number of amides is 1. The van der Waals surface area contributed by atoms with Crippen molar-refractivity contribution in [2.75, 3.05) is 25.5 Å². The number of ether oxygens (including phenoxy) is 1. The van der Waals surface area contributed by atoms with Gasteiger partial charge in [-0.25, -0.2) is 8.42 Å². The average Bonchev–Trinajstić information content (AvgIpc) is 2.94. The van der Waals surface area contributed by atoms with Gasteiger partial charge in [-0.1, -0.05) is 12.8 Å². The van der Waals surface area contributed by atoms with Gasteiger partial charge in [-0.05, 0) is 56.2 Å². The molecule has 0 spiro atoms. The molecule has 1 aromatic carbocycles. The molecule has 1 N–H and O–H groups in total. The standard InChI is InChI=1S/C21H26N2O5S/c1-16-7-8-17(28-16)9-12-21(24)22-19-15-18(10-11-20(19)27-2)29(25,26)23-13-5-3-4-6-14-23/h7-12,15H,3-6,13-14H2,1-2H3,(H,22,24)/b12-9+. The van der Waals surface area contributed by atoms with Crippen LogP contribution in [-0.4, -0.2) is 38.8 Å². The first-order valence-electron chi connectivity index (χ1n) is 9.64. The number of nitrogens with one attached hydrogen (secondary N) is 1. The quantitative estimate of drug-likeness (QED) is 0.721. The number of anilines is 1. The predicted octanol–water partition coefficient (Wildman–Crippen LogP) is 3.81. The van der Waals surface area contributed by atoms with E-state index >= 15 is 0 Å². The lowest BCUT2D eigenvalue weighted by Gasteiger charge is -2.20. The summed E-state index contributed by atoms with van der Waals surface area (Å²) in [6.45, 7) is 2.85. The number of benzene rings is 1. The Morgan fingerprint density at radius 2 is 1.86 bits per heavy atom. The molecule has 0 unspecified atom stereocenters. The van der Waals surface area contributed by atoms with E-state index in [9.17, 15) is 13.2 Å². The molecule has 0 atom stereocenters. The summed E-state index contributed by atoms with van der Waals surface area (Å²) in [5.41, 5.74) is 0.300. The van der Waals surface area contributed by atoms with Gasteiger partial charge in [0.2, 0.25) is 15.9 Å². The fraction of sp³-hybridized carbons (Fsp3) is 0.381. The molecule has 156 valence electrons. The number of aryl methyl sites for hydroxylation is 1. The van der Waals surface area contributed by atoms with E-state index in [-0.39, 0.29) is 4.90 Å². The topological polar surface area (TPSA) is 88.9 Å². The van der Waals surface area contributed by atoms with Gasteiger partial charge in [0, 0.05) is 19.2 Å². The van der Waals surface area contributed by atoms with E-state index in [2.05, 4.69) is 5.32 Å². The van der Waals surface area contributed by atoms with Crippen LogP contribution in [0.1, 0.15) is 37.2 Å². The number of furan rings is 1. The molecule has 0 radical (unpaired) electrons. The van der Waals surface area contributed by atoms with Crippen molar-refractivity contribution in [2.24, 2.45) is 0 Å². The summed E-state index contributed by atoms with van der Waals surface area (Å²) in [5.74, 6) is 1.28. The van der Waals surface area contributed by atoms with Crippen molar-refractivity contribution in [3.63, 3.8) is 0 Å². The van der Waals surface area contributed by atoms with E-state index < -0.39 is 15.9 Å². The highest BCUT2D eigenvalue weighted by atomic mass is 32.2. The first-order valence-corrected chi connectivity index (χ1v) is 11.1. The molecule has 0 saturated carbocycles. The maximum atomic E-state index is 13.0. The van der Waals surface area contributed by atoms with Crippen LogP contribution in [0.4, 0.5) is 5.69 Å². The second kappa shape index (κ2) is 9.28. The molecule has 2 aromatic rings. The molecule has 7 nitrogen and oxygen atoms in total. The highest BCUT2D eigenvalue weighted by Crippen LogP contribution is 2.30. The Kier molecular flexibility index (Phi) is 6.76. The van der Waals surface area contributed by atoms with Gasteiger partial charge in [-0.2, -0.15) is 4.31 Å². The molecule has 1 amide bonds. The molecule has 0 aliphatic carbocycles. The minimum atomic E-state index is -3.63. The molecule has 0 bridgehead atoms. The molecule has 8 heteroatoms. The molecule has 29 heavy (non-hydrogen) atoms. The van der Waals surface area contributed by atoms with Crippen LogP contribution >= 0.6 is 0 Å². The summed E-state index contributed by atoms with van der Waals surface area (Å²) in [6.07, 6.45) is 6.67. The van der Waals surface area contributed by atoms with Crippen molar-refractivity contribution < 1.29 is 22.4 Å². The Labute approximate surface area is 171 Å². The third-order valence-electron chi connectivity index (χ3n) is 4.79. The van der Waals surface area contributed by atoms with E-state index in [1.807, 2.05) is 6.92 Å².